The van der Waals surface area contributed by atoms with Crippen LogP contribution in [-0.4, -0.2) is 18.1 Å². The molecule has 3 nitrogen and oxygen atoms in total. The maximum atomic E-state index is 5.85. The highest BCUT2D eigenvalue weighted by Gasteiger charge is 2.08. The van der Waals surface area contributed by atoms with E-state index in [1.54, 1.807) is 0 Å². The summed E-state index contributed by atoms with van der Waals surface area (Å²) in [5.41, 5.74) is 6.59. The lowest BCUT2D eigenvalue weighted by atomic mass is 9.99. The van der Waals surface area contributed by atoms with Gasteiger partial charge >= 0.3 is 0 Å². The standard InChI is InChI=1S/C16H28N2O/c1-3-7-14(8-4-2)13-19-16-11-5-9-15(18-16)10-6-12-17/h5,9,11,14H,3-4,6-8,10,12-13,17H2,1-2H3. The molecular weight excluding hydrogens is 236 g/mol. The van der Waals surface area contributed by atoms with E-state index in [9.17, 15) is 0 Å². The average molecular weight is 264 g/mol. The highest BCUT2D eigenvalue weighted by molar-refractivity contribution is 5.15. The van der Waals surface area contributed by atoms with Crippen molar-refractivity contribution in [1.82, 2.24) is 4.98 Å². The quantitative estimate of drug-likeness (QED) is 0.703. The van der Waals surface area contributed by atoms with Gasteiger partial charge in [0.1, 0.15) is 0 Å². The number of ether oxygens (including phenoxy) is 1. The summed E-state index contributed by atoms with van der Waals surface area (Å²) in [6.07, 6.45) is 6.82. The van der Waals surface area contributed by atoms with E-state index >= 15 is 0 Å². The lowest BCUT2D eigenvalue weighted by Gasteiger charge is -2.16. The number of nitrogens with two attached hydrogens (primary N) is 1. The molecule has 0 amide bonds. The molecule has 3 heteroatoms. The Hall–Kier alpha value is -1.09. The van der Waals surface area contributed by atoms with Gasteiger partial charge in [0.25, 0.3) is 0 Å². The Balaban J connectivity index is 2.46. The first-order valence-corrected chi connectivity index (χ1v) is 7.58. The van der Waals surface area contributed by atoms with Crippen LogP contribution < -0.4 is 10.5 Å². The van der Waals surface area contributed by atoms with Gasteiger partial charge < -0.3 is 10.5 Å². The van der Waals surface area contributed by atoms with Gasteiger partial charge in [0, 0.05) is 11.8 Å². The van der Waals surface area contributed by atoms with E-state index < -0.39 is 0 Å². The molecule has 0 bridgehead atoms. The Morgan fingerprint density at radius 1 is 1.21 bits per heavy atom. The van der Waals surface area contributed by atoms with E-state index in [0.29, 0.717) is 12.5 Å². The predicted molar refractivity (Wildman–Crippen MR) is 80.4 cm³/mol. The molecule has 0 aromatic carbocycles. The van der Waals surface area contributed by atoms with Crippen LogP contribution in [-0.2, 0) is 6.42 Å². The number of hydrogen-bond donors (Lipinski definition) is 1. The molecule has 0 aliphatic carbocycles. The minimum atomic E-state index is 0.657. The molecule has 1 aromatic heterocycles. The van der Waals surface area contributed by atoms with E-state index in [2.05, 4.69) is 18.8 Å². The summed E-state index contributed by atoms with van der Waals surface area (Å²) >= 11 is 0. The molecule has 1 rings (SSSR count). The van der Waals surface area contributed by atoms with Crippen LogP contribution in [0, 0.1) is 5.92 Å². The maximum absolute atomic E-state index is 5.85. The second-order valence-corrected chi connectivity index (χ2v) is 5.11. The summed E-state index contributed by atoms with van der Waals surface area (Å²) < 4.78 is 5.85. The zero-order valence-electron chi connectivity index (χ0n) is 12.4. The third-order valence-electron chi connectivity index (χ3n) is 3.28. The van der Waals surface area contributed by atoms with Crippen LogP contribution in [0.15, 0.2) is 18.2 Å². The van der Waals surface area contributed by atoms with Crippen molar-refractivity contribution >= 4 is 0 Å². The molecule has 0 atom stereocenters. The molecular formula is C16H28N2O. The van der Waals surface area contributed by atoms with E-state index in [4.69, 9.17) is 10.5 Å². The van der Waals surface area contributed by atoms with E-state index in [1.165, 1.54) is 25.7 Å². The second kappa shape index (κ2) is 9.79. The molecule has 0 saturated carbocycles. The molecule has 0 aliphatic heterocycles. The number of pyridine rings is 1. The summed E-state index contributed by atoms with van der Waals surface area (Å²) in [6.45, 7) is 5.96. The van der Waals surface area contributed by atoms with Gasteiger partial charge in [-0.25, -0.2) is 4.98 Å². The largest absolute Gasteiger partial charge is 0.477 e. The Morgan fingerprint density at radius 2 is 1.95 bits per heavy atom. The van der Waals surface area contributed by atoms with Crippen LogP contribution in [0.4, 0.5) is 0 Å². The van der Waals surface area contributed by atoms with E-state index in [1.807, 2.05) is 18.2 Å². The first-order chi connectivity index (χ1) is 9.30. The first-order valence-electron chi connectivity index (χ1n) is 7.58. The lowest BCUT2D eigenvalue weighted by molar-refractivity contribution is 0.222. The van der Waals surface area contributed by atoms with E-state index in [0.717, 1.165) is 31.0 Å². The van der Waals surface area contributed by atoms with Crippen molar-refractivity contribution < 1.29 is 4.74 Å². The lowest BCUT2D eigenvalue weighted by Crippen LogP contribution is -2.12. The fourth-order valence-corrected chi connectivity index (χ4v) is 2.29. The van der Waals surface area contributed by atoms with Gasteiger partial charge in [-0.05, 0) is 44.2 Å². The molecule has 19 heavy (non-hydrogen) atoms. The summed E-state index contributed by atoms with van der Waals surface area (Å²) in [7, 11) is 0. The number of rotatable bonds is 10. The molecule has 0 spiro atoms. The molecule has 0 aliphatic rings. The maximum Gasteiger partial charge on any atom is 0.213 e. The molecule has 1 heterocycles. The van der Waals surface area contributed by atoms with Gasteiger partial charge in [-0.2, -0.15) is 0 Å². The normalized spacial score (nSPS) is 10.9. The fourth-order valence-electron chi connectivity index (χ4n) is 2.29. The molecule has 1 aromatic rings. The minimum absolute atomic E-state index is 0.657. The molecule has 0 radical (unpaired) electrons. The molecule has 108 valence electrons. The number of aryl methyl sites for hydroxylation is 1. The summed E-state index contributed by atoms with van der Waals surface area (Å²) in [5.74, 6) is 1.41. The summed E-state index contributed by atoms with van der Waals surface area (Å²) in [5, 5.41) is 0. The van der Waals surface area contributed by atoms with E-state index in [-0.39, 0.29) is 0 Å². The second-order valence-electron chi connectivity index (χ2n) is 5.11. The SMILES string of the molecule is CCCC(CCC)COc1cccc(CCCN)n1. The van der Waals surface area contributed by atoms with Crippen molar-refractivity contribution in [2.24, 2.45) is 11.7 Å². The number of hydrogen-bond acceptors (Lipinski definition) is 3. The Labute approximate surface area is 117 Å². The van der Waals surface area contributed by atoms with Gasteiger partial charge in [0.05, 0.1) is 6.61 Å². The third-order valence-corrected chi connectivity index (χ3v) is 3.28. The molecule has 0 fully saturated rings. The highest BCUT2D eigenvalue weighted by Crippen LogP contribution is 2.16. The topological polar surface area (TPSA) is 48.1 Å². The van der Waals surface area contributed by atoms with Crippen LogP contribution in [0.3, 0.4) is 0 Å². The Morgan fingerprint density at radius 3 is 2.58 bits per heavy atom. The van der Waals surface area contributed by atoms with Crippen molar-refractivity contribution in [3.63, 3.8) is 0 Å². The first kappa shape index (κ1) is 16.0. The monoisotopic (exact) mass is 264 g/mol. The number of nitrogens with zero attached hydrogens (tertiary/aromatic N) is 1. The average Bonchev–Trinajstić information content (AvgIpc) is 2.43. The van der Waals surface area contributed by atoms with Gasteiger partial charge in [-0.1, -0.05) is 32.8 Å². The van der Waals surface area contributed by atoms with Crippen molar-refractivity contribution in [3.8, 4) is 5.88 Å². The van der Waals surface area contributed by atoms with Gasteiger partial charge in [0.2, 0.25) is 5.88 Å². The zero-order valence-corrected chi connectivity index (χ0v) is 12.4. The fraction of sp³-hybridized carbons (Fsp3) is 0.688. The molecule has 0 unspecified atom stereocenters. The minimum Gasteiger partial charge on any atom is -0.477 e. The van der Waals surface area contributed by atoms with Crippen LogP contribution >= 0.6 is 0 Å². The Kier molecular flexibility index (Phi) is 8.23. The van der Waals surface area contributed by atoms with Crippen LogP contribution in [0.25, 0.3) is 0 Å². The van der Waals surface area contributed by atoms with Gasteiger partial charge in [0.15, 0.2) is 0 Å². The molecule has 0 saturated heterocycles. The van der Waals surface area contributed by atoms with Crippen molar-refractivity contribution in [1.29, 1.82) is 0 Å². The molecule has 2 N–H and O–H groups in total. The van der Waals surface area contributed by atoms with Crippen LogP contribution in [0.2, 0.25) is 0 Å². The van der Waals surface area contributed by atoms with Crippen molar-refractivity contribution in [3.05, 3.63) is 23.9 Å². The van der Waals surface area contributed by atoms with Crippen molar-refractivity contribution in [2.75, 3.05) is 13.2 Å². The zero-order chi connectivity index (χ0) is 13.9. The highest BCUT2D eigenvalue weighted by atomic mass is 16.5. The summed E-state index contributed by atoms with van der Waals surface area (Å²) in [4.78, 5) is 4.52. The third kappa shape index (κ3) is 6.58. The Bertz CT molecular complexity index is 335. The van der Waals surface area contributed by atoms with Gasteiger partial charge in [-0.3, -0.25) is 0 Å². The smallest absolute Gasteiger partial charge is 0.213 e. The predicted octanol–water partition coefficient (Wildman–Crippen LogP) is 3.57. The van der Waals surface area contributed by atoms with Gasteiger partial charge in [-0.15, -0.1) is 0 Å². The van der Waals surface area contributed by atoms with Crippen LogP contribution in [0.5, 0.6) is 5.88 Å². The number of aromatic nitrogens is 1. The van der Waals surface area contributed by atoms with Crippen molar-refractivity contribution in [2.45, 2.75) is 52.4 Å². The van der Waals surface area contributed by atoms with Crippen LogP contribution in [0.1, 0.15) is 51.6 Å². The summed E-state index contributed by atoms with van der Waals surface area (Å²) in [6, 6.07) is 6.00.